The molecule has 1 radical (unpaired) electrons. The van der Waals surface area contributed by atoms with Gasteiger partial charge >= 0.3 is 0 Å². The van der Waals surface area contributed by atoms with Gasteiger partial charge in [0.2, 0.25) is 0 Å². The number of aromatic carboxylic acids is 4. The predicted octanol–water partition coefficient (Wildman–Crippen LogP) is 22.0. The van der Waals surface area contributed by atoms with Gasteiger partial charge in [-0.2, -0.15) is 0 Å². The molecule has 20 rings (SSSR count). The summed E-state index contributed by atoms with van der Waals surface area (Å²) < 4.78 is 207. The molecule has 0 spiro atoms. The van der Waals surface area contributed by atoms with Crippen LogP contribution in [0.15, 0.2) is 438 Å². The first-order valence-electron chi connectivity index (χ1n) is 42.8. The van der Waals surface area contributed by atoms with E-state index in [4.69, 9.17) is 0 Å². The van der Waals surface area contributed by atoms with Crippen LogP contribution in [0.3, 0.4) is 0 Å². The van der Waals surface area contributed by atoms with Crippen LogP contribution in [-0.4, -0.2) is 83.7 Å². The molecule has 0 unspecified atom stereocenters. The minimum absolute atomic E-state index is 0. The molecular weight excluding hydrogens is 2140 g/mol. The molecule has 753 valence electrons. The maximum atomic E-state index is 13.3. The fourth-order valence-corrected chi connectivity index (χ4v) is 11.7. The van der Waals surface area contributed by atoms with Crippen molar-refractivity contribution in [1.82, 2.24) is 59.8 Å². The molecule has 20 aromatic rings. The van der Waals surface area contributed by atoms with Crippen LogP contribution < -0.4 is 20.4 Å². The summed E-state index contributed by atoms with van der Waals surface area (Å²) in [4.78, 5) is 86.0. The van der Waals surface area contributed by atoms with E-state index in [2.05, 4.69) is 59.8 Å². The zero-order chi connectivity index (χ0) is 106. The van der Waals surface area contributed by atoms with Crippen LogP contribution in [0.5, 0.6) is 0 Å². The summed E-state index contributed by atoms with van der Waals surface area (Å²) in [6.07, 6.45) is 18.2. The van der Waals surface area contributed by atoms with Gasteiger partial charge in [-0.1, -0.05) is 72.8 Å². The van der Waals surface area contributed by atoms with E-state index in [1.165, 1.54) is 146 Å². The monoisotopic (exact) mass is 2210 g/mol. The second-order valence-electron chi connectivity index (χ2n) is 28.7. The molecule has 0 aliphatic carbocycles. The van der Waals surface area contributed by atoms with E-state index in [-0.39, 0.29) is 42.9 Å². The molecular formula is C112H72F16IrN12O8-4. The maximum Gasteiger partial charge on any atom is 0.135 e. The number of hydrogen-bond acceptors (Lipinski definition) is 20. The van der Waals surface area contributed by atoms with Gasteiger partial charge in [-0.25, -0.2) is 70.2 Å². The van der Waals surface area contributed by atoms with Crippen molar-refractivity contribution in [2.45, 2.75) is 0 Å². The largest absolute Gasteiger partial charge is 0.543 e. The molecule has 0 N–H and O–H groups in total. The van der Waals surface area contributed by atoms with Gasteiger partial charge in [-0.3, -0.25) is 59.8 Å². The second kappa shape index (κ2) is 61.7. The number of carboxylic acids is 4. The Morgan fingerprint density at radius 2 is 0.255 bits per heavy atom. The third kappa shape index (κ3) is 39.7. The molecule has 0 bridgehead atoms. The molecule has 0 fully saturated rings. The van der Waals surface area contributed by atoms with Crippen LogP contribution in [0.1, 0.15) is 42.0 Å². The third-order valence-electron chi connectivity index (χ3n) is 18.5. The van der Waals surface area contributed by atoms with Gasteiger partial charge in [-0.05, 0) is 243 Å². The van der Waals surface area contributed by atoms with Crippen LogP contribution >= 0.6 is 0 Å². The quantitative estimate of drug-likeness (QED) is 0.103. The Kier molecular flexibility index (Phi) is 47.7. The van der Waals surface area contributed by atoms with Crippen LogP contribution in [0.4, 0.5) is 70.2 Å². The van der Waals surface area contributed by atoms with Crippen molar-refractivity contribution in [2.24, 2.45) is 0 Å². The van der Waals surface area contributed by atoms with E-state index < -0.39 is 117 Å². The molecule has 0 saturated heterocycles. The Bertz CT molecular complexity index is 6310. The standard InChI is InChI=1S/8C11H7F2N.4C6H5NO2.Ir/c8*12-8-4-5-9(10(13)7-8)11-3-1-2-6-14-11;4*8-6(9)5-3-1-2-4-7-5;/h8*1-7H;4*1-4H,(H,8,9);/p-4. The van der Waals surface area contributed by atoms with Crippen molar-refractivity contribution >= 4 is 23.9 Å². The fourth-order valence-electron chi connectivity index (χ4n) is 11.7. The number of aromatic nitrogens is 12. The summed E-state index contributed by atoms with van der Waals surface area (Å²) in [5.41, 5.74) is 6.41. The normalized spacial score (nSPS) is 9.77. The molecule has 12 aromatic heterocycles. The van der Waals surface area contributed by atoms with Crippen LogP contribution in [-0.2, 0) is 20.1 Å². The van der Waals surface area contributed by atoms with Crippen molar-refractivity contribution in [3.05, 3.63) is 554 Å². The molecule has 0 atom stereocenters. The van der Waals surface area contributed by atoms with Crippen molar-refractivity contribution in [3.63, 3.8) is 0 Å². The summed E-state index contributed by atoms with van der Waals surface area (Å²) in [7, 11) is 0. The third-order valence-corrected chi connectivity index (χ3v) is 18.5. The van der Waals surface area contributed by atoms with Gasteiger partial charge in [0.1, 0.15) is 93.1 Å². The molecule has 8 aromatic carbocycles. The van der Waals surface area contributed by atoms with E-state index >= 15 is 0 Å². The second-order valence-corrected chi connectivity index (χ2v) is 28.7. The average Bonchev–Trinajstić information content (AvgIpc) is 0.871. The number of carboxylic acid groups (broad SMARTS) is 4. The predicted molar refractivity (Wildman–Crippen MR) is 511 cm³/mol. The minimum atomic E-state index is -1.24. The zero-order valence-electron chi connectivity index (χ0n) is 76.6. The Morgan fingerprint density at radius 1 is 0.148 bits per heavy atom. The number of nitrogens with zero attached hydrogens (tertiary/aromatic N) is 12. The first-order valence-corrected chi connectivity index (χ1v) is 42.8. The molecule has 149 heavy (non-hydrogen) atoms. The average molecular weight is 2210 g/mol. The molecule has 12 heterocycles. The summed E-state index contributed by atoms with van der Waals surface area (Å²) >= 11 is 0. The van der Waals surface area contributed by atoms with Gasteiger partial charge < -0.3 is 39.6 Å². The van der Waals surface area contributed by atoms with Crippen molar-refractivity contribution in [2.75, 3.05) is 0 Å². The molecule has 0 saturated carbocycles. The zero-order valence-corrected chi connectivity index (χ0v) is 79.0. The maximum absolute atomic E-state index is 13.3. The van der Waals surface area contributed by atoms with E-state index in [1.807, 2.05) is 0 Å². The van der Waals surface area contributed by atoms with Crippen LogP contribution in [0.2, 0.25) is 0 Å². The minimum Gasteiger partial charge on any atom is -0.543 e. The number of halogens is 16. The first kappa shape index (κ1) is 115. The number of carbonyl (C=O) groups excluding carboxylic acids is 4. The summed E-state index contributed by atoms with van der Waals surface area (Å²) in [6, 6.07) is 87.5. The van der Waals surface area contributed by atoms with E-state index in [0.717, 1.165) is 48.5 Å². The summed E-state index contributed by atoms with van der Waals surface area (Å²) in [5, 5.41) is 40.1. The van der Waals surface area contributed by atoms with E-state index in [0.29, 0.717) is 90.1 Å². The van der Waals surface area contributed by atoms with Crippen molar-refractivity contribution < 1.29 is 130 Å². The number of benzene rings is 8. The van der Waals surface area contributed by atoms with Crippen LogP contribution in [0, 0.1) is 93.1 Å². The molecule has 37 heteroatoms. The Balaban J connectivity index is 0.000000199. The fraction of sp³-hybridized carbons (Fsp3) is 0. The van der Waals surface area contributed by atoms with E-state index in [1.54, 1.807) is 244 Å². The molecule has 0 aliphatic heterocycles. The SMILES string of the molecule is Fc1ccc(-c2ccccn2)c(F)c1.Fc1ccc(-c2ccccn2)c(F)c1.Fc1ccc(-c2ccccn2)c(F)c1.Fc1ccc(-c2ccccn2)c(F)c1.Fc1ccc(-c2ccccn2)c(F)c1.Fc1ccc(-c2ccccn2)c(F)c1.Fc1ccc(-c2ccccn2)c(F)c1.Fc1ccc(-c2ccccn2)c(F)c1.O=C([O-])c1ccccn1.O=C([O-])c1ccccn1.O=C([O-])c1ccccn1.O=C([O-])c1ccccn1.[Ir]. The number of hydrogen-bond donors (Lipinski definition) is 0. The molecule has 0 aliphatic rings. The van der Waals surface area contributed by atoms with Gasteiger partial charge in [0.15, 0.2) is 0 Å². The van der Waals surface area contributed by atoms with Crippen molar-refractivity contribution in [1.29, 1.82) is 0 Å². The molecule has 20 nitrogen and oxygen atoms in total. The Morgan fingerprint density at radius 3 is 0.329 bits per heavy atom. The van der Waals surface area contributed by atoms with Gasteiger partial charge in [0, 0.05) is 188 Å². The van der Waals surface area contributed by atoms with Crippen molar-refractivity contribution in [3.8, 4) is 90.1 Å². The van der Waals surface area contributed by atoms with Gasteiger partial charge in [0.25, 0.3) is 0 Å². The topological polar surface area (TPSA) is 315 Å². The summed E-state index contributed by atoms with van der Waals surface area (Å²) in [6.45, 7) is 0. The van der Waals surface area contributed by atoms with Crippen LogP contribution in [0.25, 0.3) is 90.1 Å². The molecule has 0 amide bonds. The van der Waals surface area contributed by atoms with Gasteiger partial charge in [-0.15, -0.1) is 0 Å². The van der Waals surface area contributed by atoms with E-state index in [9.17, 15) is 110 Å². The number of pyridine rings is 12. The summed E-state index contributed by atoms with van der Waals surface area (Å²) in [5.74, 6) is -14.4. The smallest absolute Gasteiger partial charge is 0.135 e. The number of carbonyl (C=O) groups is 4. The Labute approximate surface area is 853 Å². The number of rotatable bonds is 12. The Hall–Kier alpha value is -19.0. The first-order chi connectivity index (χ1) is 71.4. The van der Waals surface area contributed by atoms with Gasteiger partial charge in [0.05, 0.1) is 92.2 Å².